The van der Waals surface area contributed by atoms with Crippen LogP contribution in [0, 0.1) is 0 Å². The Labute approximate surface area is 146 Å². The van der Waals surface area contributed by atoms with Crippen LogP contribution in [0.25, 0.3) is 5.57 Å². The largest absolute Gasteiger partial charge is 0.504 e. The van der Waals surface area contributed by atoms with Crippen LogP contribution < -0.4 is 0 Å². The Morgan fingerprint density at radius 1 is 0.960 bits per heavy atom. The van der Waals surface area contributed by atoms with Crippen LogP contribution in [0.3, 0.4) is 0 Å². The van der Waals surface area contributed by atoms with Crippen molar-refractivity contribution >= 4 is 23.1 Å². The third-order valence-electron chi connectivity index (χ3n) is 4.25. The van der Waals surface area contributed by atoms with Crippen LogP contribution in [0.4, 0.5) is 0 Å². The molecule has 0 saturated heterocycles. The highest BCUT2D eigenvalue weighted by molar-refractivity contribution is 6.34. The Morgan fingerprint density at radius 3 is 2.12 bits per heavy atom. The molecule has 25 heavy (non-hydrogen) atoms. The van der Waals surface area contributed by atoms with Crippen molar-refractivity contribution in [2.24, 2.45) is 0 Å². The van der Waals surface area contributed by atoms with Crippen molar-refractivity contribution in [3.8, 4) is 11.5 Å². The second kappa shape index (κ2) is 7.96. The van der Waals surface area contributed by atoms with E-state index >= 15 is 0 Å². The second-order valence-electron chi connectivity index (χ2n) is 6.23. The molecule has 6 heteroatoms. The van der Waals surface area contributed by atoms with E-state index in [0.717, 1.165) is 38.2 Å². The Kier molecular flexibility index (Phi) is 5.96. The highest BCUT2D eigenvalue weighted by Crippen LogP contribution is 2.31. The van der Waals surface area contributed by atoms with E-state index in [2.05, 4.69) is 0 Å². The lowest BCUT2D eigenvalue weighted by atomic mass is 9.93. The van der Waals surface area contributed by atoms with Crippen molar-refractivity contribution in [3.05, 3.63) is 29.3 Å². The normalized spacial score (nSPS) is 16.1. The van der Waals surface area contributed by atoms with Crippen LogP contribution in [0.2, 0.25) is 0 Å². The van der Waals surface area contributed by atoms with Gasteiger partial charge in [0.05, 0.1) is 0 Å². The van der Waals surface area contributed by atoms with Gasteiger partial charge in [-0.05, 0) is 57.2 Å². The number of carbonyl (C=O) groups is 3. The Balaban J connectivity index is 2.46. The van der Waals surface area contributed by atoms with E-state index in [9.17, 15) is 24.6 Å². The second-order valence-corrected chi connectivity index (χ2v) is 6.23. The first-order chi connectivity index (χ1) is 11.8. The summed E-state index contributed by atoms with van der Waals surface area (Å²) >= 11 is 0. The summed E-state index contributed by atoms with van der Waals surface area (Å²) in [6, 6.07) is 3.70. The molecule has 1 aromatic rings. The molecule has 1 aliphatic rings. The number of ether oxygens (including phenoxy) is 1. The Morgan fingerprint density at radius 2 is 1.60 bits per heavy atom. The highest BCUT2D eigenvalue weighted by Gasteiger charge is 2.28. The van der Waals surface area contributed by atoms with Gasteiger partial charge in [0.15, 0.2) is 23.1 Å². The van der Waals surface area contributed by atoms with Gasteiger partial charge >= 0.3 is 5.97 Å². The highest BCUT2D eigenvalue weighted by atomic mass is 16.5. The van der Waals surface area contributed by atoms with Gasteiger partial charge in [-0.1, -0.05) is 12.5 Å². The molecule has 1 aliphatic carbocycles. The van der Waals surface area contributed by atoms with Crippen LogP contribution in [-0.2, 0) is 19.1 Å². The number of Topliss-reactive ketones (excluding diaryl/α,β-unsaturated/α-hetero) is 2. The maximum atomic E-state index is 12.6. The summed E-state index contributed by atoms with van der Waals surface area (Å²) in [6.45, 7) is 2.43. The smallest absolute Gasteiger partial charge is 0.342 e. The summed E-state index contributed by atoms with van der Waals surface area (Å²) in [6.07, 6.45) is 4.25. The first-order valence-corrected chi connectivity index (χ1v) is 8.30. The summed E-state index contributed by atoms with van der Waals surface area (Å²) in [5.41, 5.74) is -0.277. The topological polar surface area (TPSA) is 101 Å². The monoisotopic (exact) mass is 346 g/mol. The fourth-order valence-electron chi connectivity index (χ4n) is 3.02. The lowest BCUT2D eigenvalue weighted by Crippen LogP contribution is -2.25. The standard InChI is InChI=1S/C19H22O6/c1-11(20)17(13-8-9-15(22)16(23)10-13)18(12(2)21)19(24)25-14-6-4-3-5-7-14/h8-10,14,22-23H,3-7H2,1-2H3/b18-17+. The number of phenols is 2. The summed E-state index contributed by atoms with van der Waals surface area (Å²) in [5.74, 6) is -2.72. The predicted octanol–water partition coefficient (Wildman–Crippen LogP) is 2.91. The van der Waals surface area contributed by atoms with Crippen molar-refractivity contribution in [3.63, 3.8) is 0 Å². The number of benzene rings is 1. The average molecular weight is 346 g/mol. The predicted molar refractivity (Wildman–Crippen MR) is 91.0 cm³/mol. The number of carbonyl (C=O) groups excluding carboxylic acids is 3. The molecule has 0 aromatic heterocycles. The molecule has 0 atom stereocenters. The van der Waals surface area contributed by atoms with Crippen molar-refractivity contribution in [1.29, 1.82) is 0 Å². The number of aromatic hydroxyl groups is 2. The lowest BCUT2D eigenvalue weighted by molar-refractivity contribution is -0.146. The maximum absolute atomic E-state index is 12.6. The van der Waals surface area contributed by atoms with Gasteiger partial charge in [-0.3, -0.25) is 9.59 Å². The molecule has 1 saturated carbocycles. The van der Waals surface area contributed by atoms with E-state index in [-0.39, 0.29) is 28.6 Å². The zero-order valence-electron chi connectivity index (χ0n) is 14.4. The molecule has 0 heterocycles. The lowest BCUT2D eigenvalue weighted by Gasteiger charge is -2.22. The molecule has 0 bridgehead atoms. The molecule has 0 radical (unpaired) electrons. The molecule has 0 aliphatic heterocycles. The molecule has 1 aromatic carbocycles. The quantitative estimate of drug-likeness (QED) is 0.279. The van der Waals surface area contributed by atoms with Gasteiger partial charge in [0.1, 0.15) is 11.7 Å². The molecule has 6 nitrogen and oxygen atoms in total. The minimum atomic E-state index is -0.822. The number of hydrogen-bond acceptors (Lipinski definition) is 6. The van der Waals surface area contributed by atoms with Crippen LogP contribution in [-0.4, -0.2) is 33.9 Å². The summed E-state index contributed by atoms with van der Waals surface area (Å²) in [5, 5.41) is 19.1. The Bertz CT molecular complexity index is 725. The van der Waals surface area contributed by atoms with Gasteiger partial charge in [0, 0.05) is 5.57 Å². The number of hydrogen-bond donors (Lipinski definition) is 2. The summed E-state index contributed by atoms with van der Waals surface area (Å²) in [4.78, 5) is 36.8. The number of esters is 1. The van der Waals surface area contributed by atoms with Crippen molar-refractivity contribution in [1.82, 2.24) is 0 Å². The first kappa shape index (κ1) is 18.7. The van der Waals surface area contributed by atoms with Gasteiger partial charge in [0.25, 0.3) is 0 Å². The van der Waals surface area contributed by atoms with Crippen molar-refractivity contribution in [2.75, 3.05) is 0 Å². The van der Waals surface area contributed by atoms with Crippen LogP contribution >= 0.6 is 0 Å². The van der Waals surface area contributed by atoms with Gasteiger partial charge in [0.2, 0.25) is 0 Å². The van der Waals surface area contributed by atoms with E-state index in [1.807, 2.05) is 0 Å². The van der Waals surface area contributed by atoms with E-state index in [0.29, 0.717) is 0 Å². The summed E-state index contributed by atoms with van der Waals surface area (Å²) in [7, 11) is 0. The molecule has 1 fully saturated rings. The number of ketones is 2. The maximum Gasteiger partial charge on any atom is 0.342 e. The van der Waals surface area contributed by atoms with E-state index in [1.54, 1.807) is 0 Å². The molecule has 2 rings (SSSR count). The molecule has 0 unspecified atom stereocenters. The minimum Gasteiger partial charge on any atom is -0.504 e. The fourth-order valence-corrected chi connectivity index (χ4v) is 3.02. The molecule has 0 spiro atoms. The first-order valence-electron chi connectivity index (χ1n) is 8.30. The van der Waals surface area contributed by atoms with Crippen molar-refractivity contribution < 1.29 is 29.3 Å². The van der Waals surface area contributed by atoms with Crippen LogP contribution in [0.5, 0.6) is 11.5 Å². The van der Waals surface area contributed by atoms with Gasteiger partial charge < -0.3 is 14.9 Å². The third kappa shape index (κ3) is 4.47. The van der Waals surface area contributed by atoms with Crippen LogP contribution in [0.15, 0.2) is 23.8 Å². The van der Waals surface area contributed by atoms with Crippen molar-refractivity contribution in [2.45, 2.75) is 52.1 Å². The Hall–Kier alpha value is -2.63. The number of rotatable bonds is 5. The van der Waals surface area contributed by atoms with Gasteiger partial charge in [-0.2, -0.15) is 0 Å². The SMILES string of the molecule is CC(=O)/C(C(=O)OC1CCCCC1)=C(/C(C)=O)c1ccc(O)c(O)c1. The molecular weight excluding hydrogens is 324 g/mol. The number of phenolic OH excluding ortho intramolecular Hbond substituents is 2. The zero-order chi connectivity index (χ0) is 18.6. The van der Waals surface area contributed by atoms with Gasteiger partial charge in [-0.25, -0.2) is 4.79 Å². The minimum absolute atomic E-state index is 0.122. The van der Waals surface area contributed by atoms with Crippen LogP contribution in [0.1, 0.15) is 51.5 Å². The van der Waals surface area contributed by atoms with E-state index < -0.39 is 23.3 Å². The molecule has 134 valence electrons. The van der Waals surface area contributed by atoms with E-state index in [1.165, 1.54) is 26.0 Å². The molecular formula is C19H22O6. The zero-order valence-corrected chi connectivity index (χ0v) is 14.4. The summed E-state index contributed by atoms with van der Waals surface area (Å²) < 4.78 is 5.44. The fraction of sp³-hybridized carbons (Fsp3) is 0.421. The average Bonchev–Trinajstić information content (AvgIpc) is 2.55. The van der Waals surface area contributed by atoms with Gasteiger partial charge in [-0.15, -0.1) is 0 Å². The molecule has 0 amide bonds. The third-order valence-corrected chi connectivity index (χ3v) is 4.25. The molecule has 2 N–H and O–H groups in total. The van der Waals surface area contributed by atoms with E-state index in [4.69, 9.17) is 4.74 Å². The number of allylic oxidation sites excluding steroid dienone is 1.